The lowest BCUT2D eigenvalue weighted by atomic mass is 10.0. The summed E-state index contributed by atoms with van der Waals surface area (Å²) < 4.78 is 26.1. The summed E-state index contributed by atoms with van der Waals surface area (Å²) in [6.45, 7) is 0.693. The van der Waals surface area contributed by atoms with Crippen LogP contribution in [0.2, 0.25) is 0 Å². The maximum absolute atomic E-state index is 12.3. The highest BCUT2D eigenvalue weighted by molar-refractivity contribution is 7.91. The fourth-order valence-corrected chi connectivity index (χ4v) is 4.69. The minimum atomic E-state index is -3.54. The average Bonchev–Trinajstić information content (AvgIpc) is 2.88. The first-order valence-electron chi connectivity index (χ1n) is 5.47. The molecular weight excluding hydrogens is 270 g/mol. The van der Waals surface area contributed by atoms with E-state index in [1.54, 1.807) is 0 Å². The Morgan fingerprint density at radius 2 is 2.17 bits per heavy atom. The summed E-state index contributed by atoms with van der Waals surface area (Å²) in [5.74, 6) is -0.232. The number of nitrogens with zero attached hydrogens (tertiary/aromatic N) is 3. The molecule has 1 aromatic rings. The first-order chi connectivity index (χ1) is 8.57. The van der Waals surface area contributed by atoms with Crippen molar-refractivity contribution in [3.8, 4) is 12.1 Å². The largest absolute Gasteiger partial charge is 0.252 e. The Morgan fingerprint density at radius 3 is 2.78 bits per heavy atom. The van der Waals surface area contributed by atoms with Gasteiger partial charge in [0.1, 0.15) is 15.2 Å². The molecule has 2 rings (SSSR count). The molecule has 18 heavy (non-hydrogen) atoms. The average molecular weight is 281 g/mol. The third kappa shape index (κ3) is 2.39. The van der Waals surface area contributed by atoms with E-state index in [2.05, 4.69) is 6.07 Å². The van der Waals surface area contributed by atoms with Gasteiger partial charge < -0.3 is 0 Å². The van der Waals surface area contributed by atoms with Crippen LogP contribution in [0, 0.1) is 28.6 Å². The molecule has 0 amide bonds. The Bertz CT molecular complexity index is 621. The number of hydrogen-bond acceptors (Lipinski definition) is 5. The maximum atomic E-state index is 12.3. The quantitative estimate of drug-likeness (QED) is 0.823. The monoisotopic (exact) mass is 281 g/mol. The van der Waals surface area contributed by atoms with Gasteiger partial charge in [-0.1, -0.05) is 0 Å². The van der Waals surface area contributed by atoms with E-state index in [0.717, 1.165) is 17.8 Å². The van der Waals surface area contributed by atoms with E-state index in [0.29, 0.717) is 17.8 Å². The summed E-state index contributed by atoms with van der Waals surface area (Å²) >= 11 is 0.969. The maximum Gasteiger partial charge on any atom is 0.252 e. The zero-order valence-corrected chi connectivity index (χ0v) is 11.2. The summed E-state index contributed by atoms with van der Waals surface area (Å²) in [5, 5.41) is 17.6. The Labute approximate surface area is 110 Å². The topological polar surface area (TPSA) is 85.0 Å². The highest BCUT2D eigenvalue weighted by atomic mass is 32.2. The van der Waals surface area contributed by atoms with Crippen molar-refractivity contribution in [3.05, 3.63) is 17.0 Å². The molecule has 1 aliphatic heterocycles. The van der Waals surface area contributed by atoms with E-state index in [1.165, 1.54) is 16.4 Å². The van der Waals surface area contributed by atoms with Gasteiger partial charge in [-0.15, -0.1) is 11.3 Å². The molecule has 1 aliphatic rings. The van der Waals surface area contributed by atoms with Crippen LogP contribution >= 0.6 is 11.3 Å². The Balaban J connectivity index is 2.26. The predicted molar refractivity (Wildman–Crippen MR) is 66.1 cm³/mol. The van der Waals surface area contributed by atoms with Crippen LogP contribution in [-0.4, -0.2) is 25.8 Å². The van der Waals surface area contributed by atoms with Gasteiger partial charge in [-0.05, 0) is 25.0 Å². The Hall–Kier alpha value is -1.41. The van der Waals surface area contributed by atoms with Gasteiger partial charge in [0.15, 0.2) is 0 Å². The molecule has 1 saturated heterocycles. The lowest BCUT2D eigenvalue weighted by Crippen LogP contribution is -2.39. The van der Waals surface area contributed by atoms with Crippen molar-refractivity contribution in [3.63, 3.8) is 0 Å². The molecule has 0 bridgehead atoms. The third-order valence-electron chi connectivity index (χ3n) is 2.85. The molecule has 1 aromatic heterocycles. The van der Waals surface area contributed by atoms with Crippen molar-refractivity contribution < 1.29 is 8.42 Å². The van der Waals surface area contributed by atoms with Gasteiger partial charge in [-0.3, -0.25) is 0 Å². The number of hydrogen-bond donors (Lipinski definition) is 0. The number of thiophene rings is 1. The molecule has 0 aliphatic carbocycles. The molecule has 94 valence electrons. The molecule has 1 atom stereocenters. The zero-order valence-electron chi connectivity index (χ0n) is 9.54. The van der Waals surface area contributed by atoms with Crippen molar-refractivity contribution in [2.24, 2.45) is 5.92 Å². The molecular formula is C11H11N3O2S2. The van der Waals surface area contributed by atoms with Gasteiger partial charge in [-0.25, -0.2) is 8.42 Å². The van der Waals surface area contributed by atoms with Crippen molar-refractivity contribution >= 4 is 21.4 Å². The summed E-state index contributed by atoms with van der Waals surface area (Å²) in [4.78, 5) is 0.377. The van der Waals surface area contributed by atoms with Gasteiger partial charge in [0.25, 0.3) is 10.0 Å². The molecule has 5 nitrogen and oxygen atoms in total. The SMILES string of the molecule is N#Cc1ccc(S(=O)(=O)N2CCCC(C#N)C2)s1. The lowest BCUT2D eigenvalue weighted by molar-refractivity contribution is 0.305. The van der Waals surface area contributed by atoms with Gasteiger partial charge in [-0.2, -0.15) is 14.8 Å². The van der Waals surface area contributed by atoms with Gasteiger partial charge in [0, 0.05) is 13.1 Å². The second-order valence-electron chi connectivity index (χ2n) is 4.06. The summed E-state index contributed by atoms with van der Waals surface area (Å²) in [6, 6.07) is 7.00. The van der Waals surface area contributed by atoms with E-state index >= 15 is 0 Å². The molecule has 0 saturated carbocycles. The van der Waals surface area contributed by atoms with Crippen LogP contribution in [0.25, 0.3) is 0 Å². The fourth-order valence-electron chi connectivity index (χ4n) is 1.91. The summed E-state index contributed by atoms with van der Waals surface area (Å²) in [7, 11) is -3.54. The molecule has 1 fully saturated rings. The van der Waals surface area contributed by atoms with Gasteiger partial charge in [0.05, 0.1) is 12.0 Å². The molecule has 1 unspecified atom stereocenters. The third-order valence-corrected chi connectivity index (χ3v) is 6.17. The van der Waals surface area contributed by atoms with E-state index in [-0.39, 0.29) is 16.7 Å². The first-order valence-corrected chi connectivity index (χ1v) is 7.73. The zero-order chi connectivity index (χ0) is 13.2. The molecule has 0 spiro atoms. The second-order valence-corrected chi connectivity index (χ2v) is 7.31. The number of rotatable bonds is 2. The lowest BCUT2D eigenvalue weighted by Gasteiger charge is -2.28. The highest BCUT2D eigenvalue weighted by Crippen LogP contribution is 2.27. The predicted octanol–water partition coefficient (Wildman–Crippen LogP) is 1.54. The van der Waals surface area contributed by atoms with Crippen LogP contribution in [0.4, 0.5) is 0 Å². The van der Waals surface area contributed by atoms with Crippen molar-refractivity contribution in [1.82, 2.24) is 4.31 Å². The minimum Gasteiger partial charge on any atom is -0.206 e. The van der Waals surface area contributed by atoms with Crippen molar-refractivity contribution in [2.75, 3.05) is 13.1 Å². The van der Waals surface area contributed by atoms with Crippen molar-refractivity contribution in [2.45, 2.75) is 17.1 Å². The van der Waals surface area contributed by atoms with Crippen LogP contribution in [0.3, 0.4) is 0 Å². The Kier molecular flexibility index (Phi) is 3.67. The van der Waals surface area contributed by atoms with E-state index in [1.807, 2.05) is 6.07 Å². The van der Waals surface area contributed by atoms with Crippen LogP contribution < -0.4 is 0 Å². The van der Waals surface area contributed by atoms with Gasteiger partial charge in [0.2, 0.25) is 0 Å². The first kappa shape index (κ1) is 13.0. The molecule has 7 heteroatoms. The van der Waals surface area contributed by atoms with Crippen LogP contribution in [0.15, 0.2) is 16.3 Å². The smallest absolute Gasteiger partial charge is 0.206 e. The van der Waals surface area contributed by atoms with E-state index in [4.69, 9.17) is 10.5 Å². The minimum absolute atomic E-state index is 0.178. The molecule has 0 radical (unpaired) electrons. The van der Waals surface area contributed by atoms with Crippen LogP contribution in [0.5, 0.6) is 0 Å². The van der Waals surface area contributed by atoms with Crippen molar-refractivity contribution in [1.29, 1.82) is 10.5 Å². The Morgan fingerprint density at radius 1 is 1.39 bits per heavy atom. The number of piperidine rings is 1. The molecule has 2 heterocycles. The summed E-state index contributed by atoms with van der Waals surface area (Å²) in [5.41, 5.74) is 0. The van der Waals surface area contributed by atoms with E-state index < -0.39 is 10.0 Å². The second kappa shape index (κ2) is 5.07. The molecule has 0 N–H and O–H groups in total. The van der Waals surface area contributed by atoms with Gasteiger partial charge >= 0.3 is 0 Å². The number of nitriles is 2. The fraction of sp³-hybridized carbons (Fsp3) is 0.455. The number of sulfonamides is 1. The van der Waals surface area contributed by atoms with E-state index in [9.17, 15) is 8.42 Å². The standard InChI is InChI=1S/C11H11N3O2S2/c12-6-9-2-1-5-14(8-9)18(15,16)11-4-3-10(7-13)17-11/h3-4,9H,1-2,5,8H2. The summed E-state index contributed by atoms with van der Waals surface area (Å²) in [6.07, 6.45) is 1.45. The van der Waals surface area contributed by atoms with Crippen LogP contribution in [0.1, 0.15) is 17.7 Å². The van der Waals surface area contributed by atoms with Crippen LogP contribution in [-0.2, 0) is 10.0 Å². The normalized spacial score (nSPS) is 21.1. The molecule has 0 aromatic carbocycles. The highest BCUT2D eigenvalue weighted by Gasteiger charge is 2.31.